The monoisotopic (exact) mass is 270 g/mol. The molecule has 2 fully saturated rings. The molecule has 0 bridgehead atoms. The van der Waals surface area contributed by atoms with Crippen molar-refractivity contribution >= 4 is 12.0 Å². The lowest BCUT2D eigenvalue weighted by atomic mass is 9.92. The number of aliphatic hydroxyl groups is 1. The maximum Gasteiger partial charge on any atom is 0.326 e. The Balaban J connectivity index is 2.11. The lowest BCUT2D eigenvalue weighted by Crippen LogP contribution is -2.54. The van der Waals surface area contributed by atoms with Crippen LogP contribution >= 0.6 is 0 Å². The Morgan fingerprint density at radius 2 is 1.89 bits per heavy atom. The van der Waals surface area contributed by atoms with Gasteiger partial charge in [-0.25, -0.2) is 9.59 Å². The highest BCUT2D eigenvalue weighted by Gasteiger charge is 2.42. The Hall–Kier alpha value is -1.30. The minimum atomic E-state index is -1.04. The fourth-order valence-corrected chi connectivity index (χ4v) is 3.03. The molecule has 19 heavy (non-hydrogen) atoms. The molecule has 0 aromatic heterocycles. The summed E-state index contributed by atoms with van der Waals surface area (Å²) in [4.78, 5) is 26.7. The molecule has 2 aliphatic rings. The van der Waals surface area contributed by atoms with Gasteiger partial charge in [0.1, 0.15) is 6.04 Å². The van der Waals surface area contributed by atoms with Gasteiger partial charge in [-0.15, -0.1) is 0 Å². The normalized spacial score (nSPS) is 35.5. The molecule has 0 spiro atoms. The van der Waals surface area contributed by atoms with Crippen molar-refractivity contribution in [2.24, 2.45) is 5.92 Å². The number of aliphatic carboxylic acids is 1. The maximum absolute atomic E-state index is 12.5. The van der Waals surface area contributed by atoms with Gasteiger partial charge in [-0.05, 0) is 25.7 Å². The Kier molecular flexibility index (Phi) is 3.99. The first-order valence-corrected chi connectivity index (χ1v) is 6.90. The summed E-state index contributed by atoms with van der Waals surface area (Å²) < 4.78 is 0. The Morgan fingerprint density at radius 1 is 1.21 bits per heavy atom. The number of piperidine rings is 1. The number of hydrogen-bond donors (Lipinski definition) is 2. The van der Waals surface area contributed by atoms with Crippen LogP contribution in [0.3, 0.4) is 0 Å². The van der Waals surface area contributed by atoms with Crippen LogP contribution < -0.4 is 0 Å². The van der Waals surface area contributed by atoms with Gasteiger partial charge in [0.25, 0.3) is 0 Å². The number of β-amino-alcohol motifs (C(OH)–C–C–N with tert-alkyl or cyclic N) is 1. The van der Waals surface area contributed by atoms with Crippen LogP contribution in [-0.2, 0) is 4.79 Å². The summed E-state index contributed by atoms with van der Waals surface area (Å²) in [7, 11) is 0. The van der Waals surface area contributed by atoms with Crippen LogP contribution in [0, 0.1) is 5.92 Å². The van der Waals surface area contributed by atoms with E-state index in [9.17, 15) is 14.7 Å². The highest BCUT2D eigenvalue weighted by Crippen LogP contribution is 2.27. The number of carbonyl (C=O) groups excluding carboxylic acids is 1. The molecule has 4 atom stereocenters. The lowest BCUT2D eigenvalue weighted by molar-refractivity contribution is -0.141. The standard InChI is InChI=1S/C13H22N2O4/c1-8-4-3-5-14(9(8)2)13(19)15-7-10(16)6-11(15)12(17)18/h8-11,16H,3-7H2,1-2H3,(H,17,18)/t8?,9?,10-,11-/m1/s1. The van der Waals surface area contributed by atoms with Crippen molar-refractivity contribution in [1.29, 1.82) is 0 Å². The topological polar surface area (TPSA) is 81.1 Å². The van der Waals surface area contributed by atoms with Gasteiger partial charge in [-0.3, -0.25) is 0 Å². The smallest absolute Gasteiger partial charge is 0.326 e. The van der Waals surface area contributed by atoms with E-state index < -0.39 is 18.1 Å². The Morgan fingerprint density at radius 3 is 2.53 bits per heavy atom. The van der Waals surface area contributed by atoms with Crippen LogP contribution in [0.15, 0.2) is 0 Å². The van der Waals surface area contributed by atoms with Gasteiger partial charge in [0.05, 0.1) is 6.10 Å². The quantitative estimate of drug-likeness (QED) is 0.736. The highest BCUT2D eigenvalue weighted by molar-refractivity contribution is 5.83. The van der Waals surface area contributed by atoms with E-state index in [2.05, 4.69) is 6.92 Å². The summed E-state index contributed by atoms with van der Waals surface area (Å²) in [6, 6.07) is -1.02. The number of urea groups is 1. The third-order valence-corrected chi connectivity index (χ3v) is 4.43. The van der Waals surface area contributed by atoms with Crippen molar-refractivity contribution in [3.8, 4) is 0 Å². The second kappa shape index (κ2) is 5.36. The molecule has 2 aliphatic heterocycles. The van der Waals surface area contributed by atoms with E-state index in [0.29, 0.717) is 12.5 Å². The van der Waals surface area contributed by atoms with E-state index in [1.165, 1.54) is 4.90 Å². The van der Waals surface area contributed by atoms with E-state index in [0.717, 1.165) is 12.8 Å². The van der Waals surface area contributed by atoms with Gasteiger partial charge in [0.15, 0.2) is 0 Å². The molecular formula is C13H22N2O4. The minimum Gasteiger partial charge on any atom is -0.480 e. The second-order valence-corrected chi connectivity index (χ2v) is 5.73. The summed E-state index contributed by atoms with van der Waals surface area (Å²) in [5.41, 5.74) is 0. The van der Waals surface area contributed by atoms with Crippen LogP contribution in [-0.4, -0.2) is 63.3 Å². The average molecular weight is 270 g/mol. The lowest BCUT2D eigenvalue weighted by Gasteiger charge is -2.40. The van der Waals surface area contributed by atoms with Crippen LogP contribution in [0.5, 0.6) is 0 Å². The fourth-order valence-electron chi connectivity index (χ4n) is 3.03. The van der Waals surface area contributed by atoms with Crippen molar-refractivity contribution in [1.82, 2.24) is 9.80 Å². The summed E-state index contributed by atoms with van der Waals surface area (Å²) in [5.74, 6) is -0.615. The minimum absolute atomic E-state index is 0.118. The summed E-state index contributed by atoms with van der Waals surface area (Å²) in [6.07, 6.45) is 1.43. The van der Waals surface area contributed by atoms with E-state index in [1.807, 2.05) is 6.92 Å². The number of nitrogens with zero attached hydrogens (tertiary/aromatic N) is 2. The SMILES string of the molecule is CC1CCCN(C(=O)N2C[C@H](O)C[C@@H]2C(=O)O)C1C. The molecule has 0 aliphatic carbocycles. The van der Waals surface area contributed by atoms with E-state index in [-0.39, 0.29) is 25.0 Å². The van der Waals surface area contributed by atoms with Gasteiger partial charge in [0.2, 0.25) is 0 Å². The van der Waals surface area contributed by atoms with Gasteiger partial charge in [0, 0.05) is 25.6 Å². The van der Waals surface area contributed by atoms with Crippen molar-refractivity contribution in [2.45, 2.75) is 51.3 Å². The molecule has 2 unspecified atom stereocenters. The third-order valence-electron chi connectivity index (χ3n) is 4.43. The Labute approximate surface area is 113 Å². The molecule has 6 nitrogen and oxygen atoms in total. The van der Waals surface area contributed by atoms with Gasteiger partial charge in [-0.2, -0.15) is 0 Å². The number of amides is 2. The molecule has 2 heterocycles. The number of carbonyl (C=O) groups is 2. The zero-order valence-corrected chi connectivity index (χ0v) is 11.5. The molecule has 0 radical (unpaired) electrons. The molecule has 6 heteroatoms. The number of carboxylic acids is 1. The Bertz CT molecular complexity index is 374. The summed E-state index contributed by atoms with van der Waals surface area (Å²) in [5, 5.41) is 18.8. The van der Waals surface area contributed by atoms with Crippen molar-refractivity contribution < 1.29 is 19.8 Å². The number of carboxylic acid groups (broad SMARTS) is 1. The molecule has 0 saturated carbocycles. The van der Waals surface area contributed by atoms with Gasteiger partial charge < -0.3 is 20.0 Å². The molecule has 2 rings (SSSR count). The number of hydrogen-bond acceptors (Lipinski definition) is 3. The van der Waals surface area contributed by atoms with Crippen molar-refractivity contribution in [3.63, 3.8) is 0 Å². The average Bonchev–Trinajstić information content (AvgIpc) is 2.74. The zero-order chi connectivity index (χ0) is 14.2. The molecule has 0 aromatic rings. The molecule has 2 amide bonds. The highest BCUT2D eigenvalue weighted by atomic mass is 16.4. The largest absolute Gasteiger partial charge is 0.480 e. The van der Waals surface area contributed by atoms with Crippen LogP contribution in [0.4, 0.5) is 4.79 Å². The number of rotatable bonds is 1. The predicted molar refractivity (Wildman–Crippen MR) is 68.7 cm³/mol. The molecule has 2 N–H and O–H groups in total. The van der Waals surface area contributed by atoms with Crippen LogP contribution in [0.1, 0.15) is 33.1 Å². The van der Waals surface area contributed by atoms with Gasteiger partial charge in [-0.1, -0.05) is 6.92 Å². The first-order chi connectivity index (χ1) is 8.91. The first-order valence-electron chi connectivity index (χ1n) is 6.90. The number of likely N-dealkylation sites (tertiary alicyclic amines) is 2. The van der Waals surface area contributed by atoms with E-state index >= 15 is 0 Å². The maximum atomic E-state index is 12.5. The molecule has 108 valence electrons. The first kappa shape index (κ1) is 14.1. The summed E-state index contributed by atoms with van der Waals surface area (Å²) in [6.45, 7) is 4.90. The predicted octanol–water partition coefficient (Wildman–Crippen LogP) is 0.747. The molecule has 0 aromatic carbocycles. The van der Waals surface area contributed by atoms with E-state index in [4.69, 9.17) is 5.11 Å². The number of aliphatic hydroxyl groups excluding tert-OH is 1. The van der Waals surface area contributed by atoms with Gasteiger partial charge >= 0.3 is 12.0 Å². The third kappa shape index (κ3) is 2.68. The zero-order valence-electron chi connectivity index (χ0n) is 11.5. The molecule has 2 saturated heterocycles. The van der Waals surface area contributed by atoms with Crippen molar-refractivity contribution in [2.75, 3.05) is 13.1 Å². The van der Waals surface area contributed by atoms with E-state index in [1.54, 1.807) is 4.90 Å². The van der Waals surface area contributed by atoms with Crippen molar-refractivity contribution in [3.05, 3.63) is 0 Å². The molecular weight excluding hydrogens is 248 g/mol. The fraction of sp³-hybridized carbons (Fsp3) is 0.846. The summed E-state index contributed by atoms with van der Waals surface area (Å²) >= 11 is 0. The second-order valence-electron chi connectivity index (χ2n) is 5.73. The van der Waals surface area contributed by atoms with Crippen LogP contribution in [0.25, 0.3) is 0 Å². The van der Waals surface area contributed by atoms with Crippen LogP contribution in [0.2, 0.25) is 0 Å².